The lowest BCUT2D eigenvalue weighted by atomic mass is 9.93. The smallest absolute Gasteiger partial charge is 0.410 e. The van der Waals surface area contributed by atoms with Gasteiger partial charge in [-0.15, -0.1) is 0 Å². The third kappa shape index (κ3) is 10.1. The maximum atomic E-state index is 13.3. The average Bonchev–Trinajstić information content (AvgIpc) is 3.45. The molecular formula is C33H45N3O5. The molecular weight excluding hydrogens is 518 g/mol. The number of ether oxygens (including phenoxy) is 2. The second-order valence-corrected chi connectivity index (χ2v) is 12.3. The molecule has 2 fully saturated rings. The van der Waals surface area contributed by atoms with Gasteiger partial charge in [-0.25, -0.2) is 4.79 Å². The quantitative estimate of drug-likeness (QED) is 0.404. The van der Waals surface area contributed by atoms with Crippen molar-refractivity contribution in [3.8, 4) is 5.75 Å². The van der Waals surface area contributed by atoms with Crippen molar-refractivity contribution in [2.24, 2.45) is 5.92 Å². The van der Waals surface area contributed by atoms with Crippen LogP contribution in [-0.4, -0.2) is 53.6 Å². The van der Waals surface area contributed by atoms with Crippen molar-refractivity contribution in [1.82, 2.24) is 15.5 Å². The first-order chi connectivity index (χ1) is 19.6. The third-order valence-corrected chi connectivity index (χ3v) is 7.71. The van der Waals surface area contributed by atoms with Gasteiger partial charge in [0.1, 0.15) is 24.0 Å². The van der Waals surface area contributed by atoms with Crippen LogP contribution in [0, 0.1) is 5.92 Å². The summed E-state index contributed by atoms with van der Waals surface area (Å²) >= 11 is 0. The maximum absolute atomic E-state index is 13.3. The van der Waals surface area contributed by atoms with Crippen LogP contribution in [0.5, 0.6) is 5.75 Å². The highest BCUT2D eigenvalue weighted by Crippen LogP contribution is 2.23. The van der Waals surface area contributed by atoms with Gasteiger partial charge >= 0.3 is 6.09 Å². The van der Waals surface area contributed by atoms with Gasteiger partial charge in [-0.2, -0.15) is 0 Å². The zero-order valence-corrected chi connectivity index (χ0v) is 24.7. The second kappa shape index (κ2) is 14.4. The van der Waals surface area contributed by atoms with Crippen molar-refractivity contribution in [3.63, 3.8) is 0 Å². The van der Waals surface area contributed by atoms with Gasteiger partial charge < -0.3 is 25.0 Å². The van der Waals surface area contributed by atoms with E-state index in [9.17, 15) is 14.4 Å². The van der Waals surface area contributed by atoms with Gasteiger partial charge in [-0.3, -0.25) is 9.59 Å². The fourth-order valence-electron chi connectivity index (χ4n) is 5.44. The van der Waals surface area contributed by atoms with E-state index in [1.165, 1.54) is 0 Å². The Labute approximate surface area is 244 Å². The molecule has 1 saturated heterocycles. The average molecular weight is 564 g/mol. The Balaban J connectivity index is 1.31. The summed E-state index contributed by atoms with van der Waals surface area (Å²) in [5.74, 6) is 0.657. The number of carbonyl (C=O) groups is 3. The number of likely N-dealkylation sites (tertiary alicyclic amines) is 1. The molecule has 2 aliphatic rings. The first-order valence-electron chi connectivity index (χ1n) is 15.0. The van der Waals surface area contributed by atoms with Crippen molar-refractivity contribution in [3.05, 3.63) is 65.7 Å². The predicted octanol–water partition coefficient (Wildman–Crippen LogP) is 5.39. The van der Waals surface area contributed by atoms with Crippen molar-refractivity contribution < 1.29 is 23.9 Å². The highest BCUT2D eigenvalue weighted by atomic mass is 16.6. The molecule has 3 amide bonds. The Morgan fingerprint density at radius 1 is 0.902 bits per heavy atom. The van der Waals surface area contributed by atoms with E-state index in [-0.39, 0.29) is 29.9 Å². The Hall–Kier alpha value is -3.55. The topological polar surface area (TPSA) is 97.0 Å². The summed E-state index contributed by atoms with van der Waals surface area (Å²) in [6.45, 7) is 7.19. The van der Waals surface area contributed by atoms with E-state index in [2.05, 4.69) is 10.6 Å². The van der Waals surface area contributed by atoms with E-state index in [0.29, 0.717) is 32.5 Å². The number of benzene rings is 2. The fourth-order valence-corrected chi connectivity index (χ4v) is 5.44. The van der Waals surface area contributed by atoms with Crippen LogP contribution in [0.3, 0.4) is 0 Å². The minimum absolute atomic E-state index is 0.130. The highest BCUT2D eigenvalue weighted by Gasteiger charge is 2.30. The van der Waals surface area contributed by atoms with Gasteiger partial charge in [0.15, 0.2) is 0 Å². The van der Waals surface area contributed by atoms with Crippen molar-refractivity contribution in [2.45, 2.75) is 96.4 Å². The lowest BCUT2D eigenvalue weighted by Crippen LogP contribution is -2.50. The summed E-state index contributed by atoms with van der Waals surface area (Å²) in [4.78, 5) is 40.5. The molecule has 0 aromatic heterocycles. The van der Waals surface area contributed by atoms with Gasteiger partial charge in [0, 0.05) is 32.0 Å². The summed E-state index contributed by atoms with van der Waals surface area (Å²) in [6, 6.07) is 17.2. The van der Waals surface area contributed by atoms with Gasteiger partial charge in [-0.05, 0) is 75.6 Å². The third-order valence-electron chi connectivity index (χ3n) is 7.71. The molecule has 222 valence electrons. The normalized spacial score (nSPS) is 17.1. The molecule has 0 spiro atoms. The minimum atomic E-state index is -0.652. The van der Waals surface area contributed by atoms with Crippen LogP contribution in [0.15, 0.2) is 54.6 Å². The predicted molar refractivity (Wildman–Crippen MR) is 158 cm³/mol. The van der Waals surface area contributed by atoms with Crippen molar-refractivity contribution >= 4 is 17.9 Å². The molecule has 4 rings (SSSR count). The van der Waals surface area contributed by atoms with Crippen LogP contribution in [0.25, 0.3) is 0 Å². The first kappa shape index (κ1) is 30.4. The molecule has 8 nitrogen and oxygen atoms in total. The largest absolute Gasteiger partial charge is 0.489 e. The lowest BCUT2D eigenvalue weighted by molar-refractivity contribution is -0.130. The SMILES string of the molecule is CC(C)(C)OC(=O)N1CCC(CC(=O)N[C@@H](Cc2ccc(OCc3ccccc3)cc2)C(=O)NC2CCCC2)CC1. The zero-order chi connectivity index (χ0) is 29.2. The van der Waals surface area contributed by atoms with Crippen molar-refractivity contribution in [2.75, 3.05) is 13.1 Å². The molecule has 0 bridgehead atoms. The molecule has 1 aliphatic heterocycles. The first-order valence-corrected chi connectivity index (χ1v) is 15.0. The fraction of sp³-hybridized carbons (Fsp3) is 0.545. The minimum Gasteiger partial charge on any atom is -0.489 e. The zero-order valence-electron chi connectivity index (χ0n) is 24.7. The molecule has 2 aromatic rings. The van der Waals surface area contributed by atoms with Gasteiger partial charge in [-0.1, -0.05) is 55.3 Å². The standard InChI is InChI=1S/C33H45N3O5/c1-33(2,3)41-32(39)36-19-17-25(18-20-36)22-30(37)35-29(31(38)34-27-11-7-8-12-27)21-24-13-15-28(16-14-24)40-23-26-9-5-4-6-10-26/h4-6,9-10,13-16,25,27,29H,7-8,11-12,17-23H2,1-3H3,(H,34,38)(H,35,37)/t29-/m0/s1. The van der Waals surface area contributed by atoms with E-state index in [0.717, 1.165) is 55.4 Å². The molecule has 1 aliphatic carbocycles. The highest BCUT2D eigenvalue weighted by molar-refractivity contribution is 5.88. The Bertz CT molecular complexity index is 1130. The molecule has 1 atom stereocenters. The molecule has 8 heteroatoms. The van der Waals surface area contributed by atoms with Gasteiger partial charge in [0.2, 0.25) is 11.8 Å². The van der Waals surface area contributed by atoms with Crippen LogP contribution in [0.2, 0.25) is 0 Å². The Morgan fingerprint density at radius 3 is 2.20 bits per heavy atom. The molecule has 2 aromatic carbocycles. The van der Waals surface area contributed by atoms with Gasteiger partial charge in [0.25, 0.3) is 0 Å². The van der Waals surface area contributed by atoms with Crippen LogP contribution >= 0.6 is 0 Å². The summed E-state index contributed by atoms with van der Waals surface area (Å²) in [5.41, 5.74) is 1.52. The molecule has 2 N–H and O–H groups in total. The van der Waals surface area contributed by atoms with Crippen LogP contribution < -0.4 is 15.4 Å². The molecule has 0 radical (unpaired) electrons. The van der Waals surface area contributed by atoms with E-state index < -0.39 is 11.6 Å². The molecule has 1 saturated carbocycles. The number of carbonyl (C=O) groups excluding carboxylic acids is 3. The number of hydrogen-bond donors (Lipinski definition) is 2. The second-order valence-electron chi connectivity index (χ2n) is 12.3. The molecule has 41 heavy (non-hydrogen) atoms. The summed E-state index contributed by atoms with van der Waals surface area (Å²) in [5, 5.41) is 6.18. The summed E-state index contributed by atoms with van der Waals surface area (Å²) in [6.07, 6.45) is 6.10. The van der Waals surface area contributed by atoms with Crippen molar-refractivity contribution in [1.29, 1.82) is 0 Å². The van der Waals surface area contributed by atoms with Crippen LogP contribution in [0.1, 0.15) is 76.8 Å². The van der Waals surface area contributed by atoms with Gasteiger partial charge in [0.05, 0.1) is 0 Å². The van der Waals surface area contributed by atoms with Crippen LogP contribution in [0.4, 0.5) is 4.79 Å². The van der Waals surface area contributed by atoms with E-state index in [4.69, 9.17) is 9.47 Å². The summed E-state index contributed by atoms with van der Waals surface area (Å²) < 4.78 is 11.4. The van der Waals surface area contributed by atoms with E-state index in [1.807, 2.05) is 75.4 Å². The summed E-state index contributed by atoms with van der Waals surface area (Å²) in [7, 11) is 0. The lowest BCUT2D eigenvalue weighted by Gasteiger charge is -2.33. The number of hydrogen-bond acceptors (Lipinski definition) is 5. The van der Waals surface area contributed by atoms with Crippen LogP contribution in [-0.2, 0) is 27.4 Å². The number of rotatable bonds is 10. The Morgan fingerprint density at radius 2 is 1.56 bits per heavy atom. The number of nitrogens with zero attached hydrogens (tertiary/aromatic N) is 1. The number of piperidine rings is 1. The monoisotopic (exact) mass is 563 g/mol. The number of amides is 3. The molecule has 1 heterocycles. The maximum Gasteiger partial charge on any atom is 0.410 e. The Kier molecular flexibility index (Phi) is 10.7. The van der Waals surface area contributed by atoms with E-state index >= 15 is 0 Å². The number of nitrogens with one attached hydrogen (secondary N) is 2. The van der Waals surface area contributed by atoms with E-state index in [1.54, 1.807) is 4.90 Å². The molecule has 0 unspecified atom stereocenters.